The van der Waals surface area contributed by atoms with Crippen LogP contribution in [0.1, 0.15) is 64.4 Å². The number of nitrogens with zero attached hydrogens (tertiary/aromatic N) is 1. The highest BCUT2D eigenvalue weighted by Gasteiger charge is 2.00. The summed E-state index contributed by atoms with van der Waals surface area (Å²) in [4.78, 5) is 13.7. The van der Waals surface area contributed by atoms with Gasteiger partial charge in [-0.05, 0) is 87.7 Å². The van der Waals surface area contributed by atoms with Gasteiger partial charge in [0.25, 0.3) is 0 Å². The van der Waals surface area contributed by atoms with E-state index in [9.17, 15) is 4.79 Å². The third-order valence-corrected chi connectivity index (χ3v) is 7.17. The summed E-state index contributed by atoms with van der Waals surface area (Å²) < 4.78 is 10.00. The lowest BCUT2D eigenvalue weighted by Gasteiger charge is -2.09. The van der Waals surface area contributed by atoms with Crippen molar-refractivity contribution in [2.45, 2.75) is 65.2 Å². The number of ether oxygens (including phenoxy) is 2. The molecule has 1 aromatic carbocycles. The molecule has 0 atom stereocenters. The predicted molar refractivity (Wildman–Crippen MR) is 164 cm³/mol. The quantitative estimate of drug-likeness (QED) is 0.181. The molecule has 36 heavy (non-hydrogen) atoms. The van der Waals surface area contributed by atoms with Crippen LogP contribution in [0, 0.1) is 0 Å². The number of thioether (sulfide) groups is 2. The Balaban J connectivity index is 0. The van der Waals surface area contributed by atoms with Gasteiger partial charge in [-0.1, -0.05) is 50.6 Å². The molecule has 0 saturated heterocycles. The molecule has 0 aromatic heterocycles. The second-order valence-electron chi connectivity index (χ2n) is 8.47. The minimum absolute atomic E-state index is 0.205. The van der Waals surface area contributed by atoms with Crippen molar-refractivity contribution in [1.29, 1.82) is 0 Å². The molecule has 1 rings (SSSR count). The van der Waals surface area contributed by atoms with Crippen LogP contribution in [0.5, 0.6) is 0 Å². The van der Waals surface area contributed by atoms with Gasteiger partial charge in [-0.15, -0.1) is 0 Å². The highest BCUT2D eigenvalue weighted by Crippen LogP contribution is 2.09. The number of rotatable bonds is 21. The van der Waals surface area contributed by atoms with Crippen molar-refractivity contribution in [1.82, 2.24) is 10.2 Å². The lowest BCUT2D eigenvalue weighted by molar-refractivity contribution is -0.121. The molecule has 0 fully saturated rings. The number of hydrogen-bond acceptors (Lipinski definition) is 6. The van der Waals surface area contributed by atoms with Gasteiger partial charge in [-0.3, -0.25) is 4.79 Å². The Morgan fingerprint density at radius 3 is 1.97 bits per heavy atom. The molecule has 0 aliphatic rings. The summed E-state index contributed by atoms with van der Waals surface area (Å²) in [6, 6.07) is 10.6. The van der Waals surface area contributed by atoms with E-state index < -0.39 is 0 Å². The molecular formula is C29H56N2O3S2. The van der Waals surface area contributed by atoms with Crippen molar-refractivity contribution in [3.05, 3.63) is 35.9 Å². The molecule has 1 amide bonds. The summed E-state index contributed by atoms with van der Waals surface area (Å²) in [6.07, 6.45) is 8.56. The van der Waals surface area contributed by atoms with Gasteiger partial charge >= 0.3 is 0 Å². The van der Waals surface area contributed by atoms with Crippen molar-refractivity contribution in [2.24, 2.45) is 0 Å². The number of carbonyl (C=O) groups is 1. The van der Waals surface area contributed by atoms with E-state index in [0.717, 1.165) is 58.4 Å². The first-order valence-electron chi connectivity index (χ1n) is 13.7. The second kappa shape index (κ2) is 32.3. The van der Waals surface area contributed by atoms with Gasteiger partial charge < -0.3 is 19.7 Å². The molecule has 0 spiro atoms. The van der Waals surface area contributed by atoms with E-state index in [0.29, 0.717) is 6.42 Å². The van der Waals surface area contributed by atoms with Crippen molar-refractivity contribution in [3.63, 3.8) is 0 Å². The summed E-state index contributed by atoms with van der Waals surface area (Å²) >= 11 is 3.99. The molecule has 0 saturated carbocycles. The summed E-state index contributed by atoms with van der Waals surface area (Å²) in [7, 11) is 7.61. The van der Waals surface area contributed by atoms with E-state index in [1.54, 1.807) is 14.2 Å². The Morgan fingerprint density at radius 1 is 0.806 bits per heavy atom. The van der Waals surface area contributed by atoms with Crippen LogP contribution in [0.4, 0.5) is 0 Å². The van der Waals surface area contributed by atoms with Gasteiger partial charge in [0.1, 0.15) is 0 Å². The Bertz CT molecular complexity index is 549. The summed E-state index contributed by atoms with van der Waals surface area (Å²) in [5, 5.41) is 2.98. The van der Waals surface area contributed by atoms with Crippen LogP contribution in [0.15, 0.2) is 30.3 Å². The molecule has 7 heteroatoms. The molecule has 0 aliphatic carbocycles. The molecule has 0 heterocycles. The van der Waals surface area contributed by atoms with Gasteiger partial charge in [-0.2, -0.15) is 23.5 Å². The maximum Gasteiger partial charge on any atom is 0.219 e. The number of unbranched alkanes of at least 4 members (excludes halogenated alkanes) is 2. The third-order valence-electron chi connectivity index (χ3n) is 4.95. The van der Waals surface area contributed by atoms with Gasteiger partial charge in [0.2, 0.25) is 5.91 Å². The van der Waals surface area contributed by atoms with E-state index in [1.807, 2.05) is 37.4 Å². The van der Waals surface area contributed by atoms with Gasteiger partial charge in [0.05, 0.1) is 0 Å². The van der Waals surface area contributed by atoms with E-state index in [2.05, 4.69) is 54.6 Å². The zero-order chi connectivity index (χ0) is 27.1. The molecule has 5 nitrogen and oxygen atoms in total. The minimum atomic E-state index is 0.205. The Morgan fingerprint density at radius 2 is 1.39 bits per heavy atom. The van der Waals surface area contributed by atoms with Crippen LogP contribution < -0.4 is 5.32 Å². The fraction of sp³-hybridized carbons (Fsp3) is 0.759. The van der Waals surface area contributed by atoms with E-state index >= 15 is 0 Å². The Kier molecular flexibility index (Phi) is 33.6. The van der Waals surface area contributed by atoms with Gasteiger partial charge in [-0.25, -0.2) is 0 Å². The molecule has 1 N–H and O–H groups in total. The first-order chi connectivity index (χ1) is 17.6. The first-order valence-corrected chi connectivity index (χ1v) is 16.0. The number of aryl methyl sites for hydroxylation is 1. The van der Waals surface area contributed by atoms with E-state index in [4.69, 9.17) is 9.47 Å². The van der Waals surface area contributed by atoms with Crippen molar-refractivity contribution < 1.29 is 14.3 Å². The van der Waals surface area contributed by atoms with Crippen LogP contribution in [0.3, 0.4) is 0 Å². The van der Waals surface area contributed by atoms with Crippen LogP contribution >= 0.6 is 23.5 Å². The topological polar surface area (TPSA) is 50.8 Å². The van der Waals surface area contributed by atoms with Crippen molar-refractivity contribution in [3.8, 4) is 0 Å². The molecule has 0 radical (unpaired) electrons. The Labute approximate surface area is 232 Å². The number of hydrogen-bond donors (Lipinski definition) is 1. The highest BCUT2D eigenvalue weighted by molar-refractivity contribution is 7.99. The summed E-state index contributed by atoms with van der Waals surface area (Å²) in [6.45, 7) is 7.58. The number of nitrogens with one attached hydrogen (secondary N) is 1. The fourth-order valence-electron chi connectivity index (χ4n) is 3.03. The number of methoxy groups -OCH3 is 2. The summed E-state index contributed by atoms with van der Waals surface area (Å²) in [5.74, 6) is 5.01. The van der Waals surface area contributed by atoms with E-state index in [-0.39, 0.29) is 5.91 Å². The maximum absolute atomic E-state index is 11.6. The van der Waals surface area contributed by atoms with E-state index in [1.165, 1.54) is 41.4 Å². The Hall–Kier alpha value is -0.730. The summed E-state index contributed by atoms with van der Waals surface area (Å²) in [5.41, 5.74) is 1.44. The molecule has 212 valence electrons. The van der Waals surface area contributed by atoms with Crippen LogP contribution in [-0.4, -0.2) is 88.4 Å². The average molecular weight is 545 g/mol. The zero-order valence-corrected chi connectivity index (χ0v) is 25.8. The average Bonchev–Trinajstić information content (AvgIpc) is 2.90. The minimum Gasteiger partial charge on any atom is -0.385 e. The number of amides is 1. The normalized spacial score (nSPS) is 10.3. The smallest absolute Gasteiger partial charge is 0.219 e. The standard InChI is InChI=1S/C15H32N2O2S.C12H18OS.C2H6/c1-17(2)11-7-10-16-15(18)9-5-4-6-13-20-14-8-12-19-3;1-13-9-5-10-14-11-8-12-6-3-2-4-7-12;1-2/h4-14H2,1-3H3,(H,16,18);2-4,6-7H,5,8-11H2,1H3;1-2H3. The van der Waals surface area contributed by atoms with Crippen LogP contribution in [0.2, 0.25) is 0 Å². The largest absolute Gasteiger partial charge is 0.385 e. The van der Waals surface area contributed by atoms with Crippen LogP contribution in [0.25, 0.3) is 0 Å². The zero-order valence-electron chi connectivity index (χ0n) is 24.2. The molecule has 0 bridgehead atoms. The number of benzene rings is 1. The predicted octanol–water partition coefficient (Wildman–Crippen LogP) is 6.41. The monoisotopic (exact) mass is 544 g/mol. The molecule has 0 unspecified atom stereocenters. The number of carbonyl (C=O) groups excluding carboxylic acids is 1. The molecular weight excluding hydrogens is 488 g/mol. The molecule has 0 aliphatic heterocycles. The van der Waals surface area contributed by atoms with Crippen molar-refractivity contribution >= 4 is 29.4 Å². The third kappa shape index (κ3) is 31.3. The lowest BCUT2D eigenvalue weighted by atomic mass is 10.2. The lowest BCUT2D eigenvalue weighted by Crippen LogP contribution is -2.26. The van der Waals surface area contributed by atoms with Gasteiger partial charge in [0, 0.05) is 40.4 Å². The SMILES string of the molecule is CC.COCCCSCCCCCC(=O)NCCCN(C)C.COCCCSCCc1ccccc1. The fourth-order valence-corrected chi connectivity index (χ4v) is 4.87. The highest BCUT2D eigenvalue weighted by atomic mass is 32.2. The first kappa shape index (κ1) is 37.4. The molecule has 1 aromatic rings. The van der Waals surface area contributed by atoms with Gasteiger partial charge in [0.15, 0.2) is 0 Å². The maximum atomic E-state index is 11.6. The van der Waals surface area contributed by atoms with Crippen molar-refractivity contribution in [2.75, 3.05) is 77.6 Å². The second-order valence-corrected chi connectivity index (χ2v) is 10.9. The van der Waals surface area contributed by atoms with Crippen LogP contribution in [-0.2, 0) is 20.7 Å².